The predicted octanol–water partition coefficient (Wildman–Crippen LogP) is 2.51. The van der Waals surface area contributed by atoms with Gasteiger partial charge in [-0.2, -0.15) is 0 Å². The van der Waals surface area contributed by atoms with E-state index in [0.717, 1.165) is 24.3 Å². The lowest BCUT2D eigenvalue weighted by atomic mass is 9.81. The van der Waals surface area contributed by atoms with Crippen LogP contribution in [-0.4, -0.2) is 16.1 Å². The van der Waals surface area contributed by atoms with Crippen LogP contribution in [0.15, 0.2) is 18.2 Å². The summed E-state index contributed by atoms with van der Waals surface area (Å²) in [6.45, 7) is 7.23. The van der Waals surface area contributed by atoms with E-state index in [9.17, 15) is 0 Å². The summed E-state index contributed by atoms with van der Waals surface area (Å²) in [5.74, 6) is 1.05. The van der Waals surface area contributed by atoms with Crippen molar-refractivity contribution in [3.05, 3.63) is 29.6 Å². The second-order valence-electron chi connectivity index (χ2n) is 5.34. The van der Waals surface area contributed by atoms with Crippen molar-refractivity contribution in [1.29, 1.82) is 0 Å². The number of rotatable bonds is 3. The maximum absolute atomic E-state index is 5.68. The Morgan fingerprint density at radius 1 is 1.35 bits per heavy atom. The van der Waals surface area contributed by atoms with E-state index in [-0.39, 0.29) is 5.41 Å². The van der Waals surface area contributed by atoms with Gasteiger partial charge in [-0.05, 0) is 43.0 Å². The molecule has 0 spiro atoms. The van der Waals surface area contributed by atoms with Gasteiger partial charge in [0.1, 0.15) is 5.82 Å². The van der Waals surface area contributed by atoms with Gasteiger partial charge in [0, 0.05) is 7.05 Å². The summed E-state index contributed by atoms with van der Waals surface area (Å²) in [6.07, 6.45) is 0.995. The minimum absolute atomic E-state index is 0.126. The maximum atomic E-state index is 5.68. The van der Waals surface area contributed by atoms with Gasteiger partial charge in [-0.25, -0.2) is 4.98 Å². The van der Waals surface area contributed by atoms with Crippen LogP contribution in [0.4, 0.5) is 0 Å². The van der Waals surface area contributed by atoms with Crippen LogP contribution >= 0.6 is 0 Å². The third kappa shape index (κ3) is 2.07. The first-order chi connectivity index (χ1) is 7.95. The van der Waals surface area contributed by atoms with Gasteiger partial charge >= 0.3 is 0 Å². The lowest BCUT2D eigenvalue weighted by Gasteiger charge is -2.24. The SMILES string of the molecule is Cc1nc2ccc(C(C)(C)CCN)cc2n1C. The first-order valence-corrected chi connectivity index (χ1v) is 6.09. The molecule has 0 aliphatic carbocycles. The Morgan fingerprint density at radius 3 is 2.71 bits per heavy atom. The second kappa shape index (κ2) is 4.15. The minimum atomic E-state index is 0.126. The zero-order valence-corrected chi connectivity index (χ0v) is 11.1. The Morgan fingerprint density at radius 2 is 2.06 bits per heavy atom. The number of benzene rings is 1. The summed E-state index contributed by atoms with van der Waals surface area (Å²) in [4.78, 5) is 4.52. The molecule has 0 aliphatic heterocycles. The number of hydrogen-bond donors (Lipinski definition) is 1. The van der Waals surface area contributed by atoms with Crippen molar-refractivity contribution in [3.8, 4) is 0 Å². The van der Waals surface area contributed by atoms with Crippen molar-refractivity contribution in [2.75, 3.05) is 6.54 Å². The van der Waals surface area contributed by atoms with E-state index in [1.165, 1.54) is 11.1 Å². The smallest absolute Gasteiger partial charge is 0.106 e. The topological polar surface area (TPSA) is 43.8 Å². The molecule has 2 aromatic rings. The molecule has 0 amide bonds. The van der Waals surface area contributed by atoms with E-state index in [4.69, 9.17) is 5.73 Å². The van der Waals surface area contributed by atoms with Gasteiger partial charge in [0.25, 0.3) is 0 Å². The minimum Gasteiger partial charge on any atom is -0.331 e. The molecule has 3 nitrogen and oxygen atoms in total. The number of nitrogens with zero attached hydrogens (tertiary/aromatic N) is 2. The molecular formula is C14H21N3. The largest absolute Gasteiger partial charge is 0.331 e. The predicted molar refractivity (Wildman–Crippen MR) is 72.1 cm³/mol. The van der Waals surface area contributed by atoms with E-state index in [0.29, 0.717) is 0 Å². The van der Waals surface area contributed by atoms with Gasteiger partial charge in [-0.15, -0.1) is 0 Å². The summed E-state index contributed by atoms with van der Waals surface area (Å²) in [5.41, 5.74) is 9.41. The Kier molecular flexibility index (Phi) is 2.96. The average molecular weight is 231 g/mol. The molecule has 2 rings (SSSR count). The van der Waals surface area contributed by atoms with Crippen LogP contribution in [0.2, 0.25) is 0 Å². The van der Waals surface area contributed by atoms with Gasteiger partial charge in [-0.1, -0.05) is 19.9 Å². The third-order valence-electron chi connectivity index (χ3n) is 3.66. The molecular weight excluding hydrogens is 210 g/mol. The van der Waals surface area contributed by atoms with Gasteiger partial charge in [0.2, 0.25) is 0 Å². The monoisotopic (exact) mass is 231 g/mol. The van der Waals surface area contributed by atoms with E-state index in [1.54, 1.807) is 0 Å². The van der Waals surface area contributed by atoms with E-state index >= 15 is 0 Å². The molecule has 0 atom stereocenters. The summed E-state index contributed by atoms with van der Waals surface area (Å²) < 4.78 is 2.14. The Hall–Kier alpha value is -1.35. The molecule has 1 aromatic carbocycles. The standard InChI is InChI=1S/C14H21N3/c1-10-16-12-6-5-11(9-13(12)17(10)4)14(2,3)7-8-15/h5-6,9H,7-8,15H2,1-4H3. The molecule has 0 saturated heterocycles. The molecule has 17 heavy (non-hydrogen) atoms. The fourth-order valence-corrected chi connectivity index (χ4v) is 2.24. The summed E-state index contributed by atoms with van der Waals surface area (Å²) in [6, 6.07) is 6.52. The highest BCUT2D eigenvalue weighted by Gasteiger charge is 2.20. The number of hydrogen-bond acceptors (Lipinski definition) is 2. The lowest BCUT2D eigenvalue weighted by Crippen LogP contribution is -2.21. The van der Waals surface area contributed by atoms with Crippen LogP contribution in [0.5, 0.6) is 0 Å². The van der Waals surface area contributed by atoms with Crippen LogP contribution in [0.1, 0.15) is 31.7 Å². The Labute approximate surface area is 103 Å². The highest BCUT2D eigenvalue weighted by Crippen LogP contribution is 2.29. The third-order valence-corrected chi connectivity index (χ3v) is 3.66. The molecule has 2 N–H and O–H groups in total. The van der Waals surface area contributed by atoms with Crippen molar-refractivity contribution < 1.29 is 0 Å². The lowest BCUT2D eigenvalue weighted by molar-refractivity contribution is 0.488. The van der Waals surface area contributed by atoms with Crippen LogP contribution < -0.4 is 5.73 Å². The highest BCUT2D eigenvalue weighted by atomic mass is 15.0. The second-order valence-corrected chi connectivity index (χ2v) is 5.34. The quantitative estimate of drug-likeness (QED) is 0.882. The number of nitrogens with two attached hydrogens (primary N) is 1. The van der Waals surface area contributed by atoms with Crippen LogP contribution in [-0.2, 0) is 12.5 Å². The van der Waals surface area contributed by atoms with Crippen molar-refractivity contribution in [2.45, 2.75) is 32.6 Å². The molecule has 3 heteroatoms. The zero-order valence-electron chi connectivity index (χ0n) is 11.1. The molecule has 1 heterocycles. The molecule has 1 aromatic heterocycles. The van der Waals surface area contributed by atoms with Crippen LogP contribution in [0, 0.1) is 6.92 Å². The van der Waals surface area contributed by atoms with Gasteiger partial charge in [-0.3, -0.25) is 0 Å². The summed E-state index contributed by atoms with van der Waals surface area (Å²) >= 11 is 0. The molecule has 0 fully saturated rings. The van der Waals surface area contributed by atoms with Gasteiger partial charge in [0.05, 0.1) is 11.0 Å². The average Bonchev–Trinajstić information content (AvgIpc) is 2.54. The van der Waals surface area contributed by atoms with Gasteiger partial charge in [0.15, 0.2) is 0 Å². The van der Waals surface area contributed by atoms with Crippen molar-refractivity contribution in [1.82, 2.24) is 9.55 Å². The maximum Gasteiger partial charge on any atom is 0.106 e. The molecule has 0 bridgehead atoms. The van der Waals surface area contributed by atoms with E-state index in [1.807, 2.05) is 6.92 Å². The van der Waals surface area contributed by atoms with E-state index in [2.05, 4.69) is 48.6 Å². The van der Waals surface area contributed by atoms with Crippen LogP contribution in [0.25, 0.3) is 11.0 Å². The Balaban J connectivity index is 2.54. The highest BCUT2D eigenvalue weighted by molar-refractivity contribution is 5.77. The fraction of sp³-hybridized carbons (Fsp3) is 0.500. The summed E-state index contributed by atoms with van der Waals surface area (Å²) in [7, 11) is 2.06. The van der Waals surface area contributed by atoms with Crippen molar-refractivity contribution >= 4 is 11.0 Å². The molecule has 0 saturated carbocycles. The number of aryl methyl sites for hydroxylation is 2. The fourth-order valence-electron chi connectivity index (χ4n) is 2.24. The molecule has 0 unspecified atom stereocenters. The van der Waals surface area contributed by atoms with Crippen LogP contribution in [0.3, 0.4) is 0 Å². The molecule has 0 aliphatic rings. The number of fused-ring (bicyclic) bond motifs is 1. The number of aromatic nitrogens is 2. The first-order valence-electron chi connectivity index (χ1n) is 6.09. The number of imidazole rings is 1. The Bertz CT molecular complexity index is 538. The molecule has 0 radical (unpaired) electrons. The van der Waals surface area contributed by atoms with Crippen molar-refractivity contribution in [2.24, 2.45) is 12.8 Å². The normalized spacial score (nSPS) is 12.3. The first kappa shape index (κ1) is 12.1. The van der Waals surface area contributed by atoms with Gasteiger partial charge < -0.3 is 10.3 Å². The van der Waals surface area contributed by atoms with E-state index < -0.39 is 0 Å². The zero-order chi connectivity index (χ0) is 12.6. The summed E-state index contributed by atoms with van der Waals surface area (Å²) in [5, 5.41) is 0. The van der Waals surface area contributed by atoms with Crippen molar-refractivity contribution in [3.63, 3.8) is 0 Å². The molecule has 92 valence electrons.